The van der Waals surface area contributed by atoms with Crippen molar-refractivity contribution in [2.24, 2.45) is 5.41 Å². The second-order valence-corrected chi connectivity index (χ2v) is 7.65. The van der Waals surface area contributed by atoms with Gasteiger partial charge in [-0.1, -0.05) is 34.6 Å². The molecule has 0 saturated carbocycles. The molecule has 0 atom stereocenters. The fourth-order valence-corrected chi connectivity index (χ4v) is 3.00. The van der Waals surface area contributed by atoms with Crippen LogP contribution in [0.25, 0.3) is 10.4 Å². The summed E-state index contributed by atoms with van der Waals surface area (Å²) in [6.45, 7) is 17.1. The Morgan fingerprint density at radius 3 is 2.43 bits per heavy atom. The minimum atomic E-state index is -0.617. The van der Waals surface area contributed by atoms with E-state index in [2.05, 4.69) is 18.7 Å². The summed E-state index contributed by atoms with van der Waals surface area (Å²) < 4.78 is 5.19. The minimum Gasteiger partial charge on any atom is -0.504 e. The third-order valence-corrected chi connectivity index (χ3v) is 4.29. The van der Waals surface area contributed by atoms with E-state index >= 15 is 0 Å². The van der Waals surface area contributed by atoms with Crippen molar-refractivity contribution in [3.8, 4) is 11.5 Å². The van der Waals surface area contributed by atoms with Crippen LogP contribution in [0.1, 0.15) is 52.2 Å². The Labute approximate surface area is 137 Å². The van der Waals surface area contributed by atoms with Crippen molar-refractivity contribution in [1.82, 2.24) is 0 Å². The smallest absolute Gasteiger partial charge is 0.233 e. The first kappa shape index (κ1) is 17.1. The molecule has 4 heteroatoms. The highest BCUT2D eigenvalue weighted by molar-refractivity contribution is 6.08. The van der Waals surface area contributed by atoms with E-state index in [-0.39, 0.29) is 22.6 Å². The van der Waals surface area contributed by atoms with Crippen molar-refractivity contribution in [1.29, 1.82) is 0 Å². The van der Waals surface area contributed by atoms with Gasteiger partial charge in [0.25, 0.3) is 0 Å². The molecule has 4 nitrogen and oxygen atoms in total. The standard InChI is InChI=1S/C19H23NO3/c1-18(2,3)17(22)16(20-6)12-10-19(4,5)13-9-15(23-7)14(21)8-11(12)13/h8-9,21H,10H2,1-5,7H3/b16-12-. The van der Waals surface area contributed by atoms with Gasteiger partial charge in [-0.2, -0.15) is 0 Å². The third-order valence-electron chi connectivity index (χ3n) is 4.29. The molecular weight excluding hydrogens is 290 g/mol. The van der Waals surface area contributed by atoms with E-state index in [4.69, 9.17) is 11.3 Å². The molecule has 0 spiro atoms. The van der Waals surface area contributed by atoms with E-state index in [1.165, 1.54) is 7.11 Å². The summed E-state index contributed by atoms with van der Waals surface area (Å²) in [6, 6.07) is 3.42. The summed E-state index contributed by atoms with van der Waals surface area (Å²) in [4.78, 5) is 16.2. The Bertz CT molecular complexity index is 743. The lowest BCUT2D eigenvalue weighted by Crippen LogP contribution is -2.21. The fraction of sp³-hybridized carbons (Fsp3) is 0.474. The summed E-state index contributed by atoms with van der Waals surface area (Å²) in [5.74, 6) is 0.264. The zero-order chi connectivity index (χ0) is 17.6. The Balaban J connectivity index is 2.75. The number of carbonyl (C=O) groups is 1. The number of methoxy groups -OCH3 is 1. The lowest BCUT2D eigenvalue weighted by molar-refractivity contribution is -0.122. The van der Waals surface area contributed by atoms with Crippen LogP contribution in [-0.2, 0) is 10.2 Å². The van der Waals surface area contributed by atoms with Crippen LogP contribution in [0.3, 0.4) is 0 Å². The number of nitrogens with zero attached hydrogens (tertiary/aromatic N) is 1. The zero-order valence-corrected chi connectivity index (χ0v) is 14.6. The van der Waals surface area contributed by atoms with Crippen molar-refractivity contribution in [2.45, 2.75) is 46.5 Å². The molecular formula is C19H23NO3. The van der Waals surface area contributed by atoms with Gasteiger partial charge in [-0.25, -0.2) is 4.85 Å². The van der Waals surface area contributed by atoms with E-state index in [0.717, 1.165) is 16.7 Å². The lowest BCUT2D eigenvalue weighted by Gasteiger charge is -2.19. The van der Waals surface area contributed by atoms with Crippen molar-refractivity contribution in [3.05, 3.63) is 40.4 Å². The summed E-state index contributed by atoms with van der Waals surface area (Å²) in [7, 11) is 1.51. The first-order valence-corrected chi connectivity index (χ1v) is 7.60. The third kappa shape index (κ3) is 2.84. The van der Waals surface area contributed by atoms with Gasteiger partial charge in [0.15, 0.2) is 17.3 Å². The van der Waals surface area contributed by atoms with Gasteiger partial charge in [0.1, 0.15) is 0 Å². The van der Waals surface area contributed by atoms with Crippen LogP contribution in [-0.4, -0.2) is 18.0 Å². The van der Waals surface area contributed by atoms with E-state index in [9.17, 15) is 9.90 Å². The summed E-state index contributed by atoms with van der Waals surface area (Å²) in [5.41, 5.74) is 1.82. The van der Waals surface area contributed by atoms with Crippen LogP contribution in [0.4, 0.5) is 0 Å². The highest BCUT2D eigenvalue weighted by Crippen LogP contribution is 2.50. The first-order valence-electron chi connectivity index (χ1n) is 7.60. The van der Waals surface area contributed by atoms with Crippen LogP contribution in [0.5, 0.6) is 11.5 Å². The molecule has 0 bridgehead atoms. The zero-order valence-electron chi connectivity index (χ0n) is 14.6. The summed E-state index contributed by atoms with van der Waals surface area (Å²) in [6.07, 6.45) is 0.592. The predicted octanol–water partition coefficient (Wildman–Crippen LogP) is 4.33. The van der Waals surface area contributed by atoms with Crippen LogP contribution < -0.4 is 4.74 Å². The summed E-state index contributed by atoms with van der Waals surface area (Å²) in [5, 5.41) is 10.1. The molecule has 0 fully saturated rings. The number of aromatic hydroxyl groups is 1. The molecule has 0 aliphatic heterocycles. The molecule has 1 N–H and O–H groups in total. The van der Waals surface area contributed by atoms with E-state index in [0.29, 0.717) is 12.2 Å². The predicted molar refractivity (Wildman–Crippen MR) is 90.3 cm³/mol. The number of phenols is 1. The maximum atomic E-state index is 12.7. The van der Waals surface area contributed by atoms with Crippen molar-refractivity contribution in [3.63, 3.8) is 0 Å². The molecule has 122 valence electrons. The van der Waals surface area contributed by atoms with Crippen LogP contribution in [0.2, 0.25) is 0 Å². The number of ketones is 1. The van der Waals surface area contributed by atoms with Gasteiger partial charge in [-0.15, -0.1) is 0 Å². The van der Waals surface area contributed by atoms with Gasteiger partial charge in [-0.3, -0.25) is 0 Å². The van der Waals surface area contributed by atoms with Gasteiger partial charge in [0.05, 0.1) is 13.7 Å². The van der Waals surface area contributed by atoms with Crippen molar-refractivity contribution >= 4 is 11.4 Å². The molecule has 1 aromatic rings. The number of Topliss-reactive ketones (excluding diaryl/α,β-unsaturated/α-hetero) is 1. The monoisotopic (exact) mass is 313 g/mol. The SMILES string of the molecule is [C-]#[N+]/C(C(=O)C(C)(C)C)=C1/CC(C)(C)c2cc(OC)c(O)cc21. The molecule has 2 rings (SSSR count). The number of hydrogen-bond donors (Lipinski definition) is 1. The molecule has 0 saturated heterocycles. The van der Waals surface area contributed by atoms with Crippen LogP contribution in [0.15, 0.2) is 17.8 Å². The number of ether oxygens (including phenoxy) is 1. The van der Waals surface area contributed by atoms with E-state index in [1.54, 1.807) is 12.1 Å². The minimum absolute atomic E-state index is 0.0222. The average molecular weight is 313 g/mol. The van der Waals surface area contributed by atoms with Crippen LogP contribution in [0, 0.1) is 12.0 Å². The van der Waals surface area contributed by atoms with Crippen LogP contribution >= 0.6 is 0 Å². The van der Waals surface area contributed by atoms with Gasteiger partial charge >= 0.3 is 0 Å². The lowest BCUT2D eigenvalue weighted by atomic mass is 9.85. The highest BCUT2D eigenvalue weighted by Gasteiger charge is 2.38. The number of allylic oxidation sites excluding steroid dienone is 2. The quantitative estimate of drug-likeness (QED) is 0.653. The first-order chi connectivity index (χ1) is 10.5. The van der Waals surface area contributed by atoms with Crippen molar-refractivity contribution in [2.75, 3.05) is 7.11 Å². The number of phenolic OH excluding ortho intramolecular Hbond substituents is 1. The summed E-state index contributed by atoms with van der Waals surface area (Å²) >= 11 is 0. The number of hydrogen-bond acceptors (Lipinski definition) is 3. The molecule has 0 heterocycles. The maximum absolute atomic E-state index is 12.7. The second-order valence-electron chi connectivity index (χ2n) is 7.65. The molecule has 0 unspecified atom stereocenters. The highest BCUT2D eigenvalue weighted by atomic mass is 16.5. The average Bonchev–Trinajstić information content (AvgIpc) is 2.69. The Hall–Kier alpha value is -2.28. The number of benzene rings is 1. The molecule has 0 amide bonds. The van der Waals surface area contributed by atoms with Gasteiger partial charge in [-0.05, 0) is 40.7 Å². The maximum Gasteiger partial charge on any atom is 0.233 e. The molecule has 1 aliphatic rings. The van der Waals surface area contributed by atoms with Gasteiger partial charge < -0.3 is 14.6 Å². The largest absolute Gasteiger partial charge is 0.504 e. The molecule has 23 heavy (non-hydrogen) atoms. The molecule has 0 radical (unpaired) electrons. The molecule has 1 aliphatic carbocycles. The number of carbonyl (C=O) groups excluding carboxylic acids is 1. The van der Waals surface area contributed by atoms with Gasteiger partial charge in [0, 0.05) is 5.41 Å². The normalized spacial score (nSPS) is 18.1. The van der Waals surface area contributed by atoms with Gasteiger partial charge in [0.2, 0.25) is 5.70 Å². The topological polar surface area (TPSA) is 50.9 Å². The molecule has 0 aromatic heterocycles. The fourth-order valence-electron chi connectivity index (χ4n) is 3.00. The molecule has 1 aromatic carbocycles. The Morgan fingerprint density at radius 2 is 1.96 bits per heavy atom. The second kappa shape index (κ2) is 5.42. The van der Waals surface area contributed by atoms with Crippen molar-refractivity contribution < 1.29 is 14.6 Å². The number of rotatable bonds is 2. The Kier molecular flexibility index (Phi) is 4.02. The van der Waals surface area contributed by atoms with E-state index < -0.39 is 5.41 Å². The van der Waals surface area contributed by atoms with E-state index in [1.807, 2.05) is 20.8 Å². The Morgan fingerprint density at radius 1 is 1.35 bits per heavy atom. The number of fused-ring (bicyclic) bond motifs is 1.